The largest absolute Gasteiger partial charge is 0.369 e. The van der Waals surface area contributed by atoms with Gasteiger partial charge in [-0.1, -0.05) is 24.3 Å². The molecule has 2 aromatic carbocycles. The van der Waals surface area contributed by atoms with E-state index in [9.17, 15) is 18.0 Å². The molecule has 218 valence electrons. The van der Waals surface area contributed by atoms with Gasteiger partial charge in [0.05, 0.1) is 16.9 Å². The van der Waals surface area contributed by atoms with Crippen LogP contribution in [0.15, 0.2) is 78.0 Å². The molecule has 0 unspecified atom stereocenters. The van der Waals surface area contributed by atoms with E-state index in [0.29, 0.717) is 16.0 Å². The summed E-state index contributed by atoms with van der Waals surface area (Å²) >= 11 is 0. The molecule has 12 heteroatoms. The summed E-state index contributed by atoms with van der Waals surface area (Å²) in [4.78, 5) is 41.5. The molecule has 1 aromatic heterocycles. The van der Waals surface area contributed by atoms with Gasteiger partial charge in [0.1, 0.15) is 0 Å². The van der Waals surface area contributed by atoms with Crippen molar-refractivity contribution in [3.8, 4) is 0 Å². The van der Waals surface area contributed by atoms with Gasteiger partial charge in [-0.05, 0) is 74.5 Å². The lowest BCUT2D eigenvalue weighted by molar-refractivity contribution is -0.182. The third kappa shape index (κ3) is 8.01. The van der Waals surface area contributed by atoms with Gasteiger partial charge in [0.15, 0.2) is 0 Å². The van der Waals surface area contributed by atoms with Gasteiger partial charge in [0, 0.05) is 49.3 Å². The molecule has 0 spiro atoms. The number of nitrogens with zero attached hydrogens (tertiary/aromatic N) is 4. The SMILES string of the molecule is CC(C)(C)N(OC(=O)CCNC(=O)c1cccc(N2CCC[C@@H](Nc3ncccn3)C2)c1)S(=O)(=O)c1ccccc1. The minimum atomic E-state index is -4.09. The molecule has 1 aliphatic rings. The molecule has 0 aliphatic carbocycles. The van der Waals surface area contributed by atoms with Crippen LogP contribution in [-0.4, -0.2) is 65.9 Å². The number of piperidine rings is 1. The molecule has 0 radical (unpaired) electrons. The number of carbonyl (C=O) groups is 2. The van der Waals surface area contributed by atoms with Crippen LogP contribution in [0.5, 0.6) is 0 Å². The first-order valence-corrected chi connectivity index (χ1v) is 15.0. The fraction of sp³-hybridized carbons (Fsp3) is 0.379. The third-order valence-electron chi connectivity index (χ3n) is 6.40. The summed E-state index contributed by atoms with van der Waals surface area (Å²) in [6.07, 6.45) is 5.16. The van der Waals surface area contributed by atoms with Crippen molar-refractivity contribution in [2.24, 2.45) is 0 Å². The van der Waals surface area contributed by atoms with Crippen molar-refractivity contribution in [3.63, 3.8) is 0 Å². The Balaban J connectivity index is 1.32. The first kappa shape index (κ1) is 29.9. The summed E-state index contributed by atoms with van der Waals surface area (Å²) in [7, 11) is -4.09. The Labute approximate surface area is 240 Å². The van der Waals surface area contributed by atoms with Crippen molar-refractivity contribution in [1.29, 1.82) is 0 Å². The number of anilines is 2. The highest BCUT2D eigenvalue weighted by atomic mass is 32.2. The molecule has 11 nitrogen and oxygen atoms in total. The monoisotopic (exact) mass is 580 g/mol. The summed E-state index contributed by atoms with van der Waals surface area (Å²) in [5, 5.41) is 6.10. The average molecular weight is 581 g/mol. The molecule has 1 fully saturated rings. The average Bonchev–Trinajstić information content (AvgIpc) is 2.96. The Kier molecular flexibility index (Phi) is 9.56. The Morgan fingerprint density at radius 2 is 1.78 bits per heavy atom. The van der Waals surface area contributed by atoms with Gasteiger partial charge in [-0.25, -0.2) is 18.4 Å². The maximum absolute atomic E-state index is 13.1. The molecule has 4 rings (SSSR count). The van der Waals surface area contributed by atoms with E-state index in [2.05, 4.69) is 25.5 Å². The van der Waals surface area contributed by atoms with Gasteiger partial charge in [-0.3, -0.25) is 9.59 Å². The standard InChI is InChI=1S/C29H36N6O5S/c1-29(2,3)35(41(38,39)25-13-5-4-6-14-25)40-26(36)15-18-30-27(37)22-10-7-12-24(20-22)34-19-8-11-23(21-34)33-28-31-16-9-17-32-28/h4-7,9-10,12-14,16-17,20,23H,8,11,15,18-19,21H2,1-3H3,(H,30,37)(H,31,32,33)/t23-/m1/s1. The lowest BCUT2D eigenvalue weighted by Crippen LogP contribution is -2.46. The molecule has 41 heavy (non-hydrogen) atoms. The van der Waals surface area contributed by atoms with Crippen LogP contribution in [0, 0.1) is 0 Å². The van der Waals surface area contributed by atoms with Gasteiger partial charge in [-0.15, -0.1) is 0 Å². The Hall–Kier alpha value is -4.03. The summed E-state index contributed by atoms with van der Waals surface area (Å²) < 4.78 is 27.0. The minimum absolute atomic E-state index is 0.0140. The second-order valence-corrected chi connectivity index (χ2v) is 12.5. The molecular formula is C29H36N6O5S. The first-order valence-electron chi connectivity index (χ1n) is 13.5. The fourth-order valence-electron chi connectivity index (χ4n) is 4.48. The minimum Gasteiger partial charge on any atom is -0.369 e. The fourth-order valence-corrected chi connectivity index (χ4v) is 6.08. The first-order chi connectivity index (χ1) is 19.5. The zero-order valence-corrected chi connectivity index (χ0v) is 24.3. The van der Waals surface area contributed by atoms with E-state index in [1.807, 2.05) is 18.2 Å². The van der Waals surface area contributed by atoms with Gasteiger partial charge >= 0.3 is 5.97 Å². The molecule has 1 atom stereocenters. The van der Waals surface area contributed by atoms with Crippen LogP contribution in [0.1, 0.15) is 50.4 Å². The molecule has 0 saturated carbocycles. The Morgan fingerprint density at radius 3 is 2.49 bits per heavy atom. The Morgan fingerprint density at radius 1 is 1.05 bits per heavy atom. The summed E-state index contributed by atoms with van der Waals surface area (Å²) in [6, 6.07) is 17.0. The lowest BCUT2D eigenvalue weighted by atomic mass is 10.0. The number of hydroxylamine groups is 1. The van der Waals surface area contributed by atoms with Crippen molar-refractivity contribution in [1.82, 2.24) is 19.8 Å². The number of benzene rings is 2. The maximum atomic E-state index is 13.1. The van der Waals surface area contributed by atoms with Crippen LogP contribution in [0.4, 0.5) is 11.6 Å². The molecule has 0 bridgehead atoms. The highest BCUT2D eigenvalue weighted by Crippen LogP contribution is 2.25. The number of carbonyl (C=O) groups excluding carboxylic acids is 2. The van der Waals surface area contributed by atoms with Crippen molar-refractivity contribution in [2.45, 2.75) is 56.5 Å². The molecule has 1 amide bonds. The summed E-state index contributed by atoms with van der Waals surface area (Å²) in [5.41, 5.74) is 0.357. The summed E-state index contributed by atoms with van der Waals surface area (Å²) in [6.45, 7) is 6.48. The van der Waals surface area contributed by atoms with E-state index in [1.54, 1.807) is 63.5 Å². The molecular weight excluding hydrogens is 544 g/mol. The second-order valence-electron chi connectivity index (χ2n) is 10.7. The van der Waals surface area contributed by atoms with Crippen LogP contribution >= 0.6 is 0 Å². The van der Waals surface area contributed by atoms with E-state index in [1.165, 1.54) is 12.1 Å². The maximum Gasteiger partial charge on any atom is 0.328 e. The quantitative estimate of drug-likeness (QED) is 0.345. The highest BCUT2D eigenvalue weighted by molar-refractivity contribution is 7.89. The predicted octanol–water partition coefficient (Wildman–Crippen LogP) is 3.63. The number of amides is 1. The van der Waals surface area contributed by atoms with E-state index < -0.39 is 21.5 Å². The highest BCUT2D eigenvalue weighted by Gasteiger charge is 2.38. The number of sulfonamides is 1. The zero-order chi connectivity index (χ0) is 29.5. The second kappa shape index (κ2) is 13.1. The van der Waals surface area contributed by atoms with Gasteiger partial charge in [-0.2, -0.15) is 0 Å². The Bertz CT molecular complexity index is 1430. The molecule has 2 heterocycles. The lowest BCUT2D eigenvalue weighted by Gasteiger charge is -2.35. The zero-order valence-electron chi connectivity index (χ0n) is 23.5. The summed E-state index contributed by atoms with van der Waals surface area (Å²) in [5.74, 6) is -0.523. The number of hydrogen-bond donors (Lipinski definition) is 2. The van der Waals surface area contributed by atoms with Crippen LogP contribution in [0.2, 0.25) is 0 Å². The molecule has 1 saturated heterocycles. The van der Waals surface area contributed by atoms with E-state index in [-0.39, 0.29) is 29.8 Å². The smallest absolute Gasteiger partial charge is 0.328 e. The van der Waals surface area contributed by atoms with Gasteiger partial charge < -0.3 is 20.4 Å². The van der Waals surface area contributed by atoms with Crippen LogP contribution in [0.3, 0.4) is 0 Å². The molecule has 3 aromatic rings. The van der Waals surface area contributed by atoms with E-state index in [0.717, 1.165) is 31.6 Å². The number of nitrogens with one attached hydrogen (secondary N) is 2. The van der Waals surface area contributed by atoms with E-state index >= 15 is 0 Å². The van der Waals surface area contributed by atoms with Crippen LogP contribution in [-0.2, 0) is 19.7 Å². The van der Waals surface area contributed by atoms with Gasteiger partial charge in [0.2, 0.25) is 5.95 Å². The van der Waals surface area contributed by atoms with Crippen LogP contribution in [0.25, 0.3) is 0 Å². The molecule has 2 N–H and O–H groups in total. The van der Waals surface area contributed by atoms with Crippen molar-refractivity contribution in [2.75, 3.05) is 29.9 Å². The van der Waals surface area contributed by atoms with Gasteiger partial charge in [0.25, 0.3) is 15.9 Å². The van der Waals surface area contributed by atoms with Crippen molar-refractivity contribution in [3.05, 3.63) is 78.6 Å². The van der Waals surface area contributed by atoms with E-state index in [4.69, 9.17) is 4.84 Å². The van der Waals surface area contributed by atoms with Crippen molar-refractivity contribution >= 4 is 33.5 Å². The van der Waals surface area contributed by atoms with Crippen molar-refractivity contribution < 1.29 is 22.8 Å². The predicted molar refractivity (Wildman–Crippen MR) is 156 cm³/mol. The number of rotatable bonds is 10. The van der Waals surface area contributed by atoms with Crippen LogP contribution < -0.4 is 15.5 Å². The number of aromatic nitrogens is 2. The third-order valence-corrected chi connectivity index (χ3v) is 8.33. The number of hydrogen-bond acceptors (Lipinski definition) is 9. The molecule has 1 aliphatic heterocycles. The topological polar surface area (TPSA) is 134 Å². The normalized spacial score (nSPS) is 15.8.